The van der Waals surface area contributed by atoms with Gasteiger partial charge in [-0.15, -0.1) is 0 Å². The summed E-state index contributed by atoms with van der Waals surface area (Å²) in [6.07, 6.45) is 0. The van der Waals surface area contributed by atoms with Gasteiger partial charge in [-0.25, -0.2) is 9.97 Å². The molecule has 0 aliphatic heterocycles. The smallest absolute Gasteiger partial charge is 0.160 e. The van der Waals surface area contributed by atoms with Crippen molar-refractivity contribution in [3.8, 4) is 50.7 Å². The van der Waals surface area contributed by atoms with Crippen molar-refractivity contribution in [3.63, 3.8) is 0 Å². The van der Waals surface area contributed by atoms with E-state index in [-0.39, 0.29) is 10.8 Å². The largest absolute Gasteiger partial charge is 0.309 e. The van der Waals surface area contributed by atoms with Gasteiger partial charge in [0.05, 0.1) is 22.4 Å². The van der Waals surface area contributed by atoms with Gasteiger partial charge >= 0.3 is 0 Å². The summed E-state index contributed by atoms with van der Waals surface area (Å²) in [6, 6.07) is 50.6. The van der Waals surface area contributed by atoms with E-state index in [9.17, 15) is 0 Å². The number of fused-ring (bicyclic) bond motifs is 9. The molecule has 0 bridgehead atoms. The first-order chi connectivity index (χ1) is 23.8. The predicted molar refractivity (Wildman–Crippen MR) is 202 cm³/mol. The molecule has 0 saturated carbocycles. The molecule has 0 radical (unpaired) electrons. The lowest BCUT2D eigenvalue weighted by atomic mass is 9.81. The first-order valence-corrected chi connectivity index (χ1v) is 17.2. The summed E-state index contributed by atoms with van der Waals surface area (Å²) in [4.78, 5) is 10.7. The molecule has 0 unspecified atom stereocenters. The zero-order valence-electron chi connectivity index (χ0n) is 28.1. The van der Waals surface area contributed by atoms with Crippen LogP contribution in [-0.2, 0) is 10.8 Å². The molecular weight excluding hydrogens is 595 g/mol. The summed E-state index contributed by atoms with van der Waals surface area (Å²) >= 11 is 0. The fraction of sp³-hybridized carbons (Fsp3) is 0.130. The van der Waals surface area contributed by atoms with Crippen molar-refractivity contribution in [2.45, 2.75) is 38.5 Å². The van der Waals surface area contributed by atoms with E-state index in [0.717, 1.165) is 34.0 Å². The van der Waals surface area contributed by atoms with Gasteiger partial charge in [0.25, 0.3) is 0 Å². The van der Waals surface area contributed by atoms with Crippen molar-refractivity contribution >= 4 is 21.8 Å². The van der Waals surface area contributed by atoms with Crippen LogP contribution in [0.5, 0.6) is 0 Å². The van der Waals surface area contributed by atoms with E-state index in [4.69, 9.17) is 9.97 Å². The SMILES string of the molecule is CC1(C)c2ccccc2-c2cc3c(cc21)c1ccccc1n3-c1cccc(-c2nc(-c3ccccc3)c3c(n2)-c2ccccc2C3(C)C)c1. The Morgan fingerprint density at radius 1 is 0.449 bits per heavy atom. The molecule has 2 heterocycles. The van der Waals surface area contributed by atoms with E-state index >= 15 is 0 Å². The van der Waals surface area contributed by atoms with Gasteiger partial charge in [0.15, 0.2) is 5.82 Å². The highest BCUT2D eigenvalue weighted by Crippen LogP contribution is 2.52. The van der Waals surface area contributed by atoms with Crippen molar-refractivity contribution in [2.75, 3.05) is 0 Å². The second-order valence-corrected chi connectivity index (χ2v) is 14.6. The molecule has 6 aromatic carbocycles. The fourth-order valence-corrected chi connectivity index (χ4v) is 8.78. The Balaban J connectivity index is 1.21. The van der Waals surface area contributed by atoms with Crippen molar-refractivity contribution < 1.29 is 0 Å². The number of hydrogen-bond donors (Lipinski definition) is 0. The Morgan fingerprint density at radius 2 is 1.10 bits per heavy atom. The van der Waals surface area contributed by atoms with Crippen molar-refractivity contribution in [1.82, 2.24) is 14.5 Å². The monoisotopic (exact) mass is 629 g/mol. The molecule has 0 spiro atoms. The van der Waals surface area contributed by atoms with Gasteiger partial charge in [-0.3, -0.25) is 0 Å². The summed E-state index contributed by atoms with van der Waals surface area (Å²) < 4.78 is 2.42. The van der Waals surface area contributed by atoms with Crippen LogP contribution >= 0.6 is 0 Å². The van der Waals surface area contributed by atoms with Crippen molar-refractivity contribution in [1.29, 1.82) is 0 Å². The number of nitrogens with zero attached hydrogens (tertiary/aromatic N) is 3. The standard InChI is InChI=1S/C46H35N3/c1-45(2)36-22-11-8-19-31(36)34-27-40-35(26-38(34)45)32-20-10-13-24-39(32)49(40)30-18-14-17-29(25-30)44-47-42(28-15-6-5-7-16-28)41-43(48-44)33-21-9-12-23-37(33)46(41,3)4/h5-27H,1-4H3. The van der Waals surface area contributed by atoms with Gasteiger partial charge in [0.2, 0.25) is 0 Å². The fourth-order valence-electron chi connectivity index (χ4n) is 8.78. The minimum Gasteiger partial charge on any atom is -0.309 e. The first-order valence-electron chi connectivity index (χ1n) is 17.2. The highest BCUT2D eigenvalue weighted by atomic mass is 15.0. The Labute approximate surface area is 286 Å². The summed E-state index contributed by atoms with van der Waals surface area (Å²) in [7, 11) is 0. The molecule has 0 saturated heterocycles. The molecule has 8 aromatic rings. The summed E-state index contributed by atoms with van der Waals surface area (Å²) in [5.74, 6) is 0.740. The zero-order valence-corrected chi connectivity index (χ0v) is 28.1. The summed E-state index contributed by atoms with van der Waals surface area (Å²) in [5, 5.41) is 2.54. The average Bonchev–Trinajstić information content (AvgIpc) is 3.68. The van der Waals surface area contributed by atoms with Crippen molar-refractivity contribution in [3.05, 3.63) is 162 Å². The third kappa shape index (κ3) is 3.84. The van der Waals surface area contributed by atoms with Gasteiger partial charge in [-0.05, 0) is 58.1 Å². The number of para-hydroxylation sites is 1. The molecular formula is C46H35N3. The summed E-state index contributed by atoms with van der Waals surface area (Å²) in [6.45, 7) is 9.30. The normalized spacial score (nSPS) is 14.9. The maximum Gasteiger partial charge on any atom is 0.160 e. The second kappa shape index (κ2) is 9.87. The highest BCUT2D eigenvalue weighted by molar-refractivity contribution is 6.11. The second-order valence-electron chi connectivity index (χ2n) is 14.6. The molecule has 3 heteroatoms. The minimum absolute atomic E-state index is 0.0577. The van der Waals surface area contributed by atoms with Crippen LogP contribution in [0.1, 0.15) is 49.9 Å². The van der Waals surface area contributed by atoms with Crippen LogP contribution < -0.4 is 0 Å². The molecule has 2 aromatic heterocycles. The van der Waals surface area contributed by atoms with Gasteiger partial charge in [0.1, 0.15) is 0 Å². The van der Waals surface area contributed by atoms with Gasteiger partial charge < -0.3 is 4.57 Å². The van der Waals surface area contributed by atoms with Crippen LogP contribution in [0.15, 0.2) is 140 Å². The number of hydrogen-bond acceptors (Lipinski definition) is 2. The van der Waals surface area contributed by atoms with Gasteiger partial charge in [0, 0.05) is 49.5 Å². The molecule has 0 fully saturated rings. The minimum atomic E-state index is -0.214. The maximum atomic E-state index is 5.38. The Morgan fingerprint density at radius 3 is 1.92 bits per heavy atom. The van der Waals surface area contributed by atoms with Gasteiger partial charge in [-0.2, -0.15) is 0 Å². The molecule has 3 nitrogen and oxygen atoms in total. The van der Waals surface area contributed by atoms with Crippen LogP contribution in [0.4, 0.5) is 0 Å². The highest BCUT2D eigenvalue weighted by Gasteiger charge is 2.40. The van der Waals surface area contributed by atoms with Crippen LogP contribution in [0, 0.1) is 0 Å². The van der Waals surface area contributed by atoms with Crippen molar-refractivity contribution in [2.24, 2.45) is 0 Å². The number of rotatable bonds is 3. The first kappa shape index (κ1) is 28.2. The molecule has 0 amide bonds. The lowest BCUT2D eigenvalue weighted by Crippen LogP contribution is -2.17. The van der Waals surface area contributed by atoms with E-state index in [1.807, 2.05) is 0 Å². The van der Waals surface area contributed by atoms with E-state index in [2.05, 4.69) is 172 Å². The van der Waals surface area contributed by atoms with E-state index in [1.54, 1.807) is 0 Å². The zero-order chi connectivity index (χ0) is 33.1. The lowest BCUT2D eigenvalue weighted by molar-refractivity contribution is 0.658. The molecule has 0 N–H and O–H groups in total. The predicted octanol–water partition coefficient (Wildman–Crippen LogP) is 11.5. The topological polar surface area (TPSA) is 30.7 Å². The molecule has 49 heavy (non-hydrogen) atoms. The van der Waals surface area contributed by atoms with Crippen LogP contribution in [0.3, 0.4) is 0 Å². The maximum absolute atomic E-state index is 5.38. The molecule has 2 aliphatic carbocycles. The van der Waals surface area contributed by atoms with Crippen LogP contribution in [-0.4, -0.2) is 14.5 Å². The lowest BCUT2D eigenvalue weighted by Gasteiger charge is -2.23. The average molecular weight is 630 g/mol. The Hall–Kier alpha value is -5.80. The number of benzene rings is 6. The third-order valence-electron chi connectivity index (χ3n) is 11.2. The van der Waals surface area contributed by atoms with E-state index in [0.29, 0.717) is 0 Å². The Bertz CT molecular complexity index is 2660. The van der Waals surface area contributed by atoms with E-state index < -0.39 is 0 Å². The molecule has 10 rings (SSSR count). The number of aromatic nitrogens is 3. The molecule has 234 valence electrons. The van der Waals surface area contributed by atoms with E-state index in [1.165, 1.54) is 60.8 Å². The molecule has 0 atom stereocenters. The quantitative estimate of drug-likeness (QED) is 0.195. The van der Waals surface area contributed by atoms with Crippen LogP contribution in [0.2, 0.25) is 0 Å². The van der Waals surface area contributed by atoms with Gasteiger partial charge in [-0.1, -0.05) is 137 Å². The molecule has 2 aliphatic rings. The Kier molecular flexibility index (Phi) is 5.69. The van der Waals surface area contributed by atoms with Crippen LogP contribution in [0.25, 0.3) is 72.5 Å². The third-order valence-corrected chi connectivity index (χ3v) is 11.2. The summed E-state index contributed by atoms with van der Waals surface area (Å²) in [5.41, 5.74) is 16.5.